The minimum atomic E-state index is -1.21. The highest BCUT2D eigenvalue weighted by Crippen LogP contribution is 2.36. The Balaban J connectivity index is 2.22. The number of carboxylic acid groups (broad SMARTS) is 1. The standard InChI is InChI=1S/C14H10O6S/c15-7-20-13-4-2-9(6-12(13)17)21-8-1-3-10(14(18)19)11(16)5-8/h1-7,16-17H,(H,18,19). The van der Waals surface area contributed by atoms with Crippen molar-refractivity contribution < 1.29 is 29.6 Å². The molecular formula is C14H10O6S. The number of carbonyl (C=O) groups excluding carboxylic acids is 1. The van der Waals surface area contributed by atoms with Crippen molar-refractivity contribution >= 4 is 24.2 Å². The van der Waals surface area contributed by atoms with Gasteiger partial charge in [0, 0.05) is 9.79 Å². The lowest BCUT2D eigenvalue weighted by molar-refractivity contribution is -0.120. The predicted octanol–water partition coefficient (Wildman–Crippen LogP) is 2.48. The van der Waals surface area contributed by atoms with Crippen LogP contribution in [0.2, 0.25) is 0 Å². The Bertz CT molecular complexity index is 698. The Kier molecular flexibility index (Phi) is 4.34. The summed E-state index contributed by atoms with van der Waals surface area (Å²) in [6, 6.07) is 8.60. The minimum Gasteiger partial charge on any atom is -0.507 e. The Morgan fingerprint density at radius 3 is 2.19 bits per heavy atom. The third kappa shape index (κ3) is 3.46. The highest BCUT2D eigenvalue weighted by atomic mass is 32.2. The highest BCUT2D eigenvalue weighted by molar-refractivity contribution is 7.99. The second-order valence-electron chi connectivity index (χ2n) is 3.93. The van der Waals surface area contributed by atoms with E-state index in [-0.39, 0.29) is 29.3 Å². The number of phenols is 2. The number of carbonyl (C=O) groups is 2. The molecule has 0 saturated carbocycles. The maximum Gasteiger partial charge on any atom is 0.339 e. The van der Waals surface area contributed by atoms with Crippen LogP contribution in [0, 0.1) is 0 Å². The second-order valence-corrected chi connectivity index (χ2v) is 5.08. The van der Waals surface area contributed by atoms with E-state index in [9.17, 15) is 19.8 Å². The Labute approximate surface area is 123 Å². The third-order valence-electron chi connectivity index (χ3n) is 2.54. The molecule has 108 valence electrons. The summed E-state index contributed by atoms with van der Waals surface area (Å²) in [4.78, 5) is 22.2. The number of hydrogen-bond acceptors (Lipinski definition) is 6. The lowest BCUT2D eigenvalue weighted by Gasteiger charge is -2.06. The molecule has 0 atom stereocenters. The fourth-order valence-electron chi connectivity index (χ4n) is 1.60. The molecule has 0 aromatic heterocycles. The first-order valence-electron chi connectivity index (χ1n) is 5.68. The van der Waals surface area contributed by atoms with Gasteiger partial charge in [-0.3, -0.25) is 4.79 Å². The molecule has 0 unspecified atom stereocenters. The van der Waals surface area contributed by atoms with E-state index in [1.54, 1.807) is 12.1 Å². The summed E-state index contributed by atoms with van der Waals surface area (Å²) in [6.45, 7) is 0.213. The molecule has 2 aromatic rings. The largest absolute Gasteiger partial charge is 0.507 e. The molecule has 0 aliphatic heterocycles. The van der Waals surface area contributed by atoms with Gasteiger partial charge in [-0.2, -0.15) is 0 Å². The maximum absolute atomic E-state index is 10.8. The van der Waals surface area contributed by atoms with Crippen LogP contribution in [-0.4, -0.2) is 27.8 Å². The van der Waals surface area contributed by atoms with E-state index >= 15 is 0 Å². The normalized spacial score (nSPS) is 10.1. The first kappa shape index (κ1) is 14.7. The maximum atomic E-state index is 10.8. The average molecular weight is 306 g/mol. The number of benzene rings is 2. The summed E-state index contributed by atoms with van der Waals surface area (Å²) in [6.07, 6.45) is 0. The topological polar surface area (TPSA) is 104 Å². The molecule has 0 amide bonds. The lowest BCUT2D eigenvalue weighted by Crippen LogP contribution is -1.96. The fraction of sp³-hybridized carbons (Fsp3) is 0. The fourth-order valence-corrected chi connectivity index (χ4v) is 2.49. The molecule has 21 heavy (non-hydrogen) atoms. The predicted molar refractivity (Wildman–Crippen MR) is 74.0 cm³/mol. The molecule has 6 nitrogen and oxygen atoms in total. The Morgan fingerprint density at radius 1 is 1.05 bits per heavy atom. The number of carboxylic acids is 1. The lowest BCUT2D eigenvalue weighted by atomic mass is 10.2. The molecule has 0 radical (unpaired) electrons. The van der Waals surface area contributed by atoms with Crippen molar-refractivity contribution in [3.05, 3.63) is 42.0 Å². The Hall–Kier alpha value is -2.67. The average Bonchev–Trinajstić information content (AvgIpc) is 2.41. The number of aromatic carboxylic acids is 1. The Morgan fingerprint density at radius 2 is 1.67 bits per heavy atom. The molecule has 0 heterocycles. The van der Waals surface area contributed by atoms with Gasteiger partial charge in [-0.05, 0) is 36.4 Å². The van der Waals surface area contributed by atoms with Gasteiger partial charge >= 0.3 is 5.97 Å². The van der Waals surface area contributed by atoms with E-state index in [0.717, 1.165) is 0 Å². The van der Waals surface area contributed by atoms with E-state index in [1.165, 1.54) is 36.0 Å². The molecule has 0 aliphatic rings. The van der Waals surface area contributed by atoms with Crippen LogP contribution >= 0.6 is 11.8 Å². The second kappa shape index (κ2) is 6.19. The molecule has 0 spiro atoms. The summed E-state index contributed by atoms with van der Waals surface area (Å²) >= 11 is 1.21. The van der Waals surface area contributed by atoms with Crippen molar-refractivity contribution in [3.63, 3.8) is 0 Å². The van der Waals surface area contributed by atoms with Gasteiger partial charge in [-0.1, -0.05) is 11.8 Å². The number of aromatic hydroxyl groups is 2. The van der Waals surface area contributed by atoms with Crippen LogP contribution in [0.3, 0.4) is 0 Å². The quantitative estimate of drug-likeness (QED) is 0.729. The van der Waals surface area contributed by atoms with Crippen molar-refractivity contribution in [1.29, 1.82) is 0 Å². The zero-order valence-electron chi connectivity index (χ0n) is 10.5. The molecule has 0 fully saturated rings. The molecule has 0 bridgehead atoms. The van der Waals surface area contributed by atoms with Crippen molar-refractivity contribution in [2.75, 3.05) is 0 Å². The summed E-state index contributed by atoms with van der Waals surface area (Å²) in [7, 11) is 0. The van der Waals surface area contributed by atoms with Crippen LogP contribution in [0.1, 0.15) is 10.4 Å². The first-order valence-corrected chi connectivity index (χ1v) is 6.50. The van der Waals surface area contributed by atoms with Crippen LogP contribution in [0.25, 0.3) is 0 Å². The molecule has 3 N–H and O–H groups in total. The van der Waals surface area contributed by atoms with Gasteiger partial charge in [-0.25, -0.2) is 4.79 Å². The molecule has 0 aliphatic carbocycles. The van der Waals surface area contributed by atoms with Crippen LogP contribution in [0.4, 0.5) is 0 Å². The van der Waals surface area contributed by atoms with Gasteiger partial charge in [-0.15, -0.1) is 0 Å². The van der Waals surface area contributed by atoms with Gasteiger partial charge in [0.05, 0.1) is 0 Å². The smallest absolute Gasteiger partial charge is 0.339 e. The van der Waals surface area contributed by atoms with Crippen molar-refractivity contribution in [2.24, 2.45) is 0 Å². The minimum absolute atomic E-state index is 0.0402. The van der Waals surface area contributed by atoms with Crippen LogP contribution < -0.4 is 4.74 Å². The van der Waals surface area contributed by atoms with Crippen LogP contribution in [0.15, 0.2) is 46.2 Å². The van der Waals surface area contributed by atoms with Crippen LogP contribution in [-0.2, 0) is 4.79 Å². The van der Waals surface area contributed by atoms with Crippen LogP contribution in [0.5, 0.6) is 17.2 Å². The monoisotopic (exact) mass is 306 g/mol. The van der Waals surface area contributed by atoms with Gasteiger partial charge in [0.25, 0.3) is 6.47 Å². The number of hydrogen-bond donors (Lipinski definition) is 3. The number of ether oxygens (including phenoxy) is 1. The van der Waals surface area contributed by atoms with E-state index in [0.29, 0.717) is 9.79 Å². The van der Waals surface area contributed by atoms with Crippen molar-refractivity contribution in [3.8, 4) is 17.2 Å². The summed E-state index contributed by atoms with van der Waals surface area (Å²) in [5.74, 6) is -1.70. The molecule has 2 aromatic carbocycles. The summed E-state index contributed by atoms with van der Waals surface area (Å²) < 4.78 is 4.56. The van der Waals surface area contributed by atoms with Gasteiger partial charge in [0.2, 0.25) is 0 Å². The van der Waals surface area contributed by atoms with E-state index in [4.69, 9.17) is 5.11 Å². The van der Waals surface area contributed by atoms with E-state index in [1.807, 2.05) is 0 Å². The molecular weight excluding hydrogens is 296 g/mol. The highest BCUT2D eigenvalue weighted by Gasteiger charge is 2.11. The molecule has 0 saturated heterocycles. The van der Waals surface area contributed by atoms with Crippen molar-refractivity contribution in [1.82, 2.24) is 0 Å². The summed E-state index contributed by atoms with van der Waals surface area (Å²) in [5, 5.41) is 28.1. The van der Waals surface area contributed by atoms with Crippen molar-refractivity contribution in [2.45, 2.75) is 9.79 Å². The number of phenolic OH excluding ortho intramolecular Hbond substituents is 1. The molecule has 2 rings (SSSR count). The van der Waals surface area contributed by atoms with E-state index < -0.39 is 5.97 Å². The van der Waals surface area contributed by atoms with Gasteiger partial charge in [0.15, 0.2) is 11.5 Å². The molecule has 7 heteroatoms. The summed E-state index contributed by atoms with van der Waals surface area (Å²) in [5.41, 5.74) is -0.183. The zero-order chi connectivity index (χ0) is 15.4. The third-order valence-corrected chi connectivity index (χ3v) is 3.52. The first-order chi connectivity index (χ1) is 10.0. The van der Waals surface area contributed by atoms with Gasteiger partial charge in [0.1, 0.15) is 11.3 Å². The van der Waals surface area contributed by atoms with Gasteiger partial charge < -0.3 is 20.1 Å². The zero-order valence-corrected chi connectivity index (χ0v) is 11.3. The SMILES string of the molecule is O=COc1ccc(Sc2ccc(C(=O)O)c(O)c2)cc1O. The van der Waals surface area contributed by atoms with E-state index in [2.05, 4.69) is 4.74 Å². The number of rotatable bonds is 5.